The molecular formula is C11H16NOZr. The van der Waals surface area contributed by atoms with Gasteiger partial charge in [0.15, 0.2) is 0 Å². The number of hydrogen-bond donors (Lipinski definition) is 0. The summed E-state index contributed by atoms with van der Waals surface area (Å²) >= 11 is 0. The SMILES string of the molecule is CCCC[N-]C(=O)c1ccccc1.[H-].[H-].[Zr+3]. The number of carbonyl (C=O) groups excluding carboxylic acids is 1. The van der Waals surface area contributed by atoms with Crippen LogP contribution >= 0.6 is 0 Å². The summed E-state index contributed by atoms with van der Waals surface area (Å²) in [6.07, 6.45) is 2.06. The van der Waals surface area contributed by atoms with Gasteiger partial charge in [0.1, 0.15) is 0 Å². The van der Waals surface area contributed by atoms with Crippen LogP contribution in [0.5, 0.6) is 0 Å². The van der Waals surface area contributed by atoms with Gasteiger partial charge in [-0.15, -0.1) is 6.54 Å². The van der Waals surface area contributed by atoms with Gasteiger partial charge in [-0.25, -0.2) is 0 Å². The minimum absolute atomic E-state index is 0. The van der Waals surface area contributed by atoms with Gasteiger partial charge in [-0.1, -0.05) is 50.1 Å². The first-order valence-electron chi connectivity index (χ1n) is 4.61. The van der Waals surface area contributed by atoms with Crippen molar-refractivity contribution in [2.75, 3.05) is 6.54 Å². The third kappa shape index (κ3) is 4.71. The van der Waals surface area contributed by atoms with E-state index in [0.29, 0.717) is 12.1 Å². The summed E-state index contributed by atoms with van der Waals surface area (Å²) in [6.45, 7) is 2.73. The monoisotopic (exact) mass is 268 g/mol. The molecule has 1 rings (SSSR count). The van der Waals surface area contributed by atoms with Crippen molar-refractivity contribution in [2.45, 2.75) is 19.8 Å². The van der Waals surface area contributed by atoms with Crippen molar-refractivity contribution in [1.82, 2.24) is 0 Å². The van der Waals surface area contributed by atoms with Crippen LogP contribution in [0.1, 0.15) is 33.0 Å². The zero-order chi connectivity index (χ0) is 9.52. The quantitative estimate of drug-likeness (QED) is 0.772. The molecule has 14 heavy (non-hydrogen) atoms. The fourth-order valence-electron chi connectivity index (χ4n) is 1.01. The Balaban J connectivity index is -0.000000563. The smallest absolute Gasteiger partial charge is 1.00 e. The van der Waals surface area contributed by atoms with Gasteiger partial charge in [-0.2, -0.15) is 0 Å². The van der Waals surface area contributed by atoms with Crippen LogP contribution in [-0.2, 0) is 26.2 Å². The molecule has 0 atom stereocenters. The molecule has 1 amide bonds. The minimum Gasteiger partial charge on any atom is -1.00 e. The Kier molecular flexibility index (Phi) is 7.69. The Morgan fingerprint density at radius 3 is 2.57 bits per heavy atom. The van der Waals surface area contributed by atoms with Crippen LogP contribution in [0.15, 0.2) is 30.3 Å². The van der Waals surface area contributed by atoms with Crippen LogP contribution in [0, 0.1) is 0 Å². The average Bonchev–Trinajstić information content (AvgIpc) is 2.19. The first-order valence-corrected chi connectivity index (χ1v) is 4.61. The molecular weight excluding hydrogens is 253 g/mol. The second-order valence-electron chi connectivity index (χ2n) is 2.91. The Hall–Kier alpha value is -0.427. The van der Waals surface area contributed by atoms with Crippen molar-refractivity contribution in [2.24, 2.45) is 0 Å². The summed E-state index contributed by atoms with van der Waals surface area (Å²) in [4.78, 5) is 11.4. The van der Waals surface area contributed by atoms with E-state index in [1.807, 2.05) is 18.2 Å². The average molecular weight is 269 g/mol. The zero-order valence-electron chi connectivity index (χ0n) is 10.4. The molecule has 0 saturated carbocycles. The van der Waals surface area contributed by atoms with Crippen LogP contribution in [0.4, 0.5) is 0 Å². The molecule has 0 N–H and O–H groups in total. The molecule has 0 aliphatic heterocycles. The molecule has 75 valence electrons. The van der Waals surface area contributed by atoms with Gasteiger partial charge in [0.05, 0.1) is 5.91 Å². The summed E-state index contributed by atoms with van der Waals surface area (Å²) in [7, 11) is 0. The molecule has 0 bridgehead atoms. The summed E-state index contributed by atoms with van der Waals surface area (Å²) in [6, 6.07) is 9.17. The fraction of sp³-hybridized carbons (Fsp3) is 0.364. The van der Waals surface area contributed by atoms with E-state index in [-0.39, 0.29) is 35.0 Å². The third-order valence-corrected chi connectivity index (χ3v) is 1.79. The molecule has 1 radical (unpaired) electrons. The van der Waals surface area contributed by atoms with Gasteiger partial charge in [0.2, 0.25) is 0 Å². The van der Waals surface area contributed by atoms with E-state index in [9.17, 15) is 4.79 Å². The van der Waals surface area contributed by atoms with E-state index in [0.717, 1.165) is 12.8 Å². The van der Waals surface area contributed by atoms with E-state index in [1.165, 1.54) is 0 Å². The Morgan fingerprint density at radius 1 is 1.36 bits per heavy atom. The van der Waals surface area contributed by atoms with Crippen molar-refractivity contribution in [3.05, 3.63) is 41.2 Å². The number of carbonyl (C=O) groups is 1. The standard InChI is InChI=1S/C11H15NO.Zr.2H/c1-2-3-9-12-11(13)10-7-5-4-6-8-10;;;/h4-8H,2-3,9H2,1H3,(H,12,13);;;/q;+3;2*-1/p-1. The first-order chi connectivity index (χ1) is 6.34. The van der Waals surface area contributed by atoms with Gasteiger partial charge in [-0.3, -0.25) is 0 Å². The second-order valence-corrected chi connectivity index (χ2v) is 2.91. The van der Waals surface area contributed by atoms with Gasteiger partial charge in [0, 0.05) is 0 Å². The predicted octanol–water partition coefficient (Wildman–Crippen LogP) is 3.22. The van der Waals surface area contributed by atoms with Crippen molar-refractivity contribution >= 4 is 5.91 Å². The molecule has 0 aromatic heterocycles. The molecule has 3 heteroatoms. The maximum atomic E-state index is 11.4. The van der Waals surface area contributed by atoms with Crippen molar-refractivity contribution in [3.8, 4) is 0 Å². The predicted molar refractivity (Wildman–Crippen MR) is 56.1 cm³/mol. The van der Waals surface area contributed by atoms with Gasteiger partial charge in [-0.05, 0) is 5.56 Å². The molecule has 0 fully saturated rings. The topological polar surface area (TPSA) is 31.2 Å². The second kappa shape index (κ2) is 7.93. The number of unbranched alkanes of at least 4 members (excludes halogenated alkanes) is 1. The molecule has 0 aliphatic rings. The number of benzene rings is 1. The number of nitrogens with zero attached hydrogens (tertiary/aromatic N) is 1. The number of rotatable bonds is 4. The maximum Gasteiger partial charge on any atom is 3.00 e. The van der Waals surface area contributed by atoms with E-state index >= 15 is 0 Å². The van der Waals surface area contributed by atoms with E-state index in [1.54, 1.807) is 12.1 Å². The molecule has 0 heterocycles. The molecule has 2 nitrogen and oxygen atoms in total. The van der Waals surface area contributed by atoms with E-state index in [2.05, 4.69) is 12.2 Å². The van der Waals surface area contributed by atoms with Gasteiger partial charge >= 0.3 is 26.2 Å². The Labute approximate surface area is 107 Å². The zero-order valence-corrected chi connectivity index (χ0v) is 10.8. The van der Waals surface area contributed by atoms with Crippen molar-refractivity contribution in [1.29, 1.82) is 0 Å². The summed E-state index contributed by atoms with van der Waals surface area (Å²) in [5.41, 5.74) is 0.679. The maximum absolute atomic E-state index is 11.4. The summed E-state index contributed by atoms with van der Waals surface area (Å²) in [5, 5.41) is 3.95. The molecule has 0 spiro atoms. The fourth-order valence-corrected chi connectivity index (χ4v) is 1.01. The molecule has 0 aliphatic carbocycles. The normalized spacial score (nSPS) is 8.93. The Morgan fingerprint density at radius 2 is 2.00 bits per heavy atom. The van der Waals surface area contributed by atoms with Crippen LogP contribution < -0.4 is 0 Å². The first kappa shape index (κ1) is 13.6. The Bertz CT molecular complexity index is 270. The molecule has 0 saturated heterocycles. The third-order valence-electron chi connectivity index (χ3n) is 1.79. The molecule has 1 aromatic carbocycles. The largest absolute Gasteiger partial charge is 3.00 e. The molecule has 0 unspecified atom stereocenters. The van der Waals surface area contributed by atoms with E-state index in [4.69, 9.17) is 0 Å². The number of hydrogen-bond acceptors (Lipinski definition) is 1. The summed E-state index contributed by atoms with van der Waals surface area (Å²) in [5.74, 6) is -0.103. The minimum atomic E-state index is -0.103. The van der Waals surface area contributed by atoms with Crippen molar-refractivity contribution in [3.63, 3.8) is 0 Å². The van der Waals surface area contributed by atoms with Crippen LogP contribution in [0.25, 0.3) is 5.32 Å². The van der Waals surface area contributed by atoms with Crippen LogP contribution in [0.2, 0.25) is 0 Å². The summed E-state index contributed by atoms with van der Waals surface area (Å²) < 4.78 is 0. The van der Waals surface area contributed by atoms with Crippen LogP contribution in [-0.4, -0.2) is 12.5 Å². The molecule has 1 aromatic rings. The van der Waals surface area contributed by atoms with E-state index < -0.39 is 0 Å². The number of amides is 1. The van der Waals surface area contributed by atoms with Crippen LogP contribution in [0.3, 0.4) is 0 Å². The van der Waals surface area contributed by atoms with Gasteiger partial charge < -0.3 is 13.0 Å². The van der Waals surface area contributed by atoms with Gasteiger partial charge in [0.25, 0.3) is 0 Å². The van der Waals surface area contributed by atoms with Crippen molar-refractivity contribution < 1.29 is 33.9 Å².